The van der Waals surface area contributed by atoms with E-state index in [2.05, 4.69) is 0 Å². The molecule has 0 saturated carbocycles. The number of unbranched alkanes of at least 4 members (excludes halogenated alkanes) is 4. The Kier molecular flexibility index (Phi) is 6.26. The molecule has 0 fully saturated rings. The van der Waals surface area contributed by atoms with Crippen molar-refractivity contribution in [1.82, 2.24) is 0 Å². The highest BCUT2D eigenvalue weighted by molar-refractivity contribution is 7.91. The summed E-state index contributed by atoms with van der Waals surface area (Å²) in [7, 11) is -4.03. The topological polar surface area (TPSA) is 71.4 Å². The highest BCUT2D eigenvalue weighted by Gasteiger charge is 2.24. The molecular weight excluding hydrogens is 302 g/mol. The molecule has 1 N–H and O–H groups in total. The summed E-state index contributed by atoms with van der Waals surface area (Å²) in [5.74, 6) is -4.82. The summed E-state index contributed by atoms with van der Waals surface area (Å²) in [6.07, 6.45) is 3.87. The van der Waals surface area contributed by atoms with Gasteiger partial charge in [-0.05, 0) is 18.6 Å². The summed E-state index contributed by atoms with van der Waals surface area (Å²) in [5.41, 5.74) is -0.585. The van der Waals surface area contributed by atoms with Gasteiger partial charge in [-0.15, -0.1) is 0 Å². The van der Waals surface area contributed by atoms with E-state index in [9.17, 15) is 22.0 Å². The number of benzene rings is 1. The standard InChI is InChI=1S/C14H18F2O4S/c1-2-3-4-5-6-7-21(19,20)12-9-10(14(17)18)8-11(15)13(12)16/h8-9H,2-7H2,1H3,(H,17,18). The quantitative estimate of drug-likeness (QED) is 0.745. The minimum absolute atomic E-state index is 0.323. The molecule has 4 nitrogen and oxygen atoms in total. The van der Waals surface area contributed by atoms with Crippen LogP contribution in [0.2, 0.25) is 0 Å². The molecule has 0 aromatic heterocycles. The molecule has 0 saturated heterocycles. The lowest BCUT2D eigenvalue weighted by Crippen LogP contribution is -2.12. The highest BCUT2D eigenvalue weighted by atomic mass is 32.2. The molecule has 0 aliphatic carbocycles. The Balaban J connectivity index is 2.94. The van der Waals surface area contributed by atoms with Gasteiger partial charge in [0.25, 0.3) is 0 Å². The average molecular weight is 320 g/mol. The van der Waals surface area contributed by atoms with E-state index in [1.807, 2.05) is 6.92 Å². The van der Waals surface area contributed by atoms with Crippen LogP contribution in [0.1, 0.15) is 49.4 Å². The van der Waals surface area contributed by atoms with Gasteiger partial charge >= 0.3 is 5.97 Å². The number of carboxylic acids is 1. The Hall–Kier alpha value is -1.50. The van der Waals surface area contributed by atoms with Crippen molar-refractivity contribution in [2.24, 2.45) is 0 Å². The molecule has 1 aromatic carbocycles. The first-order valence-electron chi connectivity index (χ1n) is 6.74. The van der Waals surface area contributed by atoms with Crippen molar-refractivity contribution in [3.05, 3.63) is 29.3 Å². The predicted molar refractivity (Wildman–Crippen MR) is 74.1 cm³/mol. The zero-order chi connectivity index (χ0) is 16.0. The molecule has 1 rings (SSSR count). The zero-order valence-corrected chi connectivity index (χ0v) is 12.5. The van der Waals surface area contributed by atoms with Gasteiger partial charge in [0.15, 0.2) is 21.5 Å². The minimum atomic E-state index is -4.03. The SMILES string of the molecule is CCCCCCCS(=O)(=O)c1cc(C(=O)O)cc(F)c1F. The van der Waals surface area contributed by atoms with E-state index >= 15 is 0 Å². The van der Waals surface area contributed by atoms with Crippen molar-refractivity contribution >= 4 is 15.8 Å². The van der Waals surface area contributed by atoms with E-state index in [1.54, 1.807) is 0 Å². The van der Waals surface area contributed by atoms with Crippen LogP contribution in [0, 0.1) is 11.6 Å². The Labute approximate surface area is 122 Å². The van der Waals surface area contributed by atoms with E-state index in [0.717, 1.165) is 19.3 Å². The first-order chi connectivity index (χ1) is 9.79. The molecule has 0 aliphatic heterocycles. The molecule has 0 unspecified atom stereocenters. The largest absolute Gasteiger partial charge is 0.478 e. The summed E-state index contributed by atoms with van der Waals surface area (Å²) < 4.78 is 51.0. The lowest BCUT2D eigenvalue weighted by molar-refractivity contribution is 0.0696. The van der Waals surface area contributed by atoms with E-state index in [0.29, 0.717) is 25.0 Å². The summed E-state index contributed by atoms with van der Waals surface area (Å²) >= 11 is 0. The number of carbonyl (C=O) groups is 1. The van der Waals surface area contributed by atoms with Crippen molar-refractivity contribution in [3.8, 4) is 0 Å². The smallest absolute Gasteiger partial charge is 0.335 e. The van der Waals surface area contributed by atoms with Crippen LogP contribution in [-0.2, 0) is 9.84 Å². The molecule has 0 aliphatic rings. The van der Waals surface area contributed by atoms with E-state index in [1.165, 1.54) is 0 Å². The third kappa shape index (κ3) is 4.77. The molecule has 0 bridgehead atoms. The van der Waals surface area contributed by atoms with E-state index in [4.69, 9.17) is 5.11 Å². The number of rotatable bonds is 8. The maximum absolute atomic E-state index is 13.6. The summed E-state index contributed by atoms with van der Waals surface area (Å²) in [6, 6.07) is 1.14. The average Bonchev–Trinajstić information content (AvgIpc) is 2.40. The Bertz CT molecular complexity index is 612. The molecule has 0 radical (unpaired) electrons. The van der Waals surface area contributed by atoms with Gasteiger partial charge in [-0.1, -0.05) is 32.6 Å². The lowest BCUT2D eigenvalue weighted by atomic mass is 10.2. The lowest BCUT2D eigenvalue weighted by Gasteiger charge is -2.08. The van der Waals surface area contributed by atoms with Gasteiger partial charge in [0.1, 0.15) is 4.90 Å². The fraction of sp³-hybridized carbons (Fsp3) is 0.500. The zero-order valence-electron chi connectivity index (χ0n) is 11.7. The number of aromatic carboxylic acids is 1. The van der Waals surface area contributed by atoms with Gasteiger partial charge in [0.2, 0.25) is 0 Å². The van der Waals surface area contributed by atoms with Crippen LogP contribution in [0.3, 0.4) is 0 Å². The molecule has 0 spiro atoms. The molecule has 1 aromatic rings. The van der Waals surface area contributed by atoms with E-state index < -0.39 is 37.9 Å². The minimum Gasteiger partial charge on any atom is -0.478 e. The van der Waals surface area contributed by atoms with Crippen LogP contribution >= 0.6 is 0 Å². The fourth-order valence-corrected chi connectivity index (χ4v) is 3.40. The van der Waals surface area contributed by atoms with Gasteiger partial charge < -0.3 is 5.11 Å². The second-order valence-electron chi connectivity index (χ2n) is 4.81. The highest BCUT2D eigenvalue weighted by Crippen LogP contribution is 2.22. The van der Waals surface area contributed by atoms with Crippen LogP contribution in [0.15, 0.2) is 17.0 Å². The van der Waals surface area contributed by atoms with Gasteiger partial charge in [0, 0.05) is 0 Å². The number of halogens is 2. The van der Waals surface area contributed by atoms with Gasteiger partial charge in [0.05, 0.1) is 11.3 Å². The molecule has 21 heavy (non-hydrogen) atoms. The summed E-state index contributed by atoms with van der Waals surface area (Å²) in [5, 5.41) is 8.78. The predicted octanol–water partition coefficient (Wildman–Crippen LogP) is 3.41. The molecule has 118 valence electrons. The van der Waals surface area contributed by atoms with Crippen LogP contribution < -0.4 is 0 Å². The number of sulfone groups is 1. The number of hydrogen-bond donors (Lipinski definition) is 1. The number of hydrogen-bond acceptors (Lipinski definition) is 3. The van der Waals surface area contributed by atoms with Crippen LogP contribution in [0.5, 0.6) is 0 Å². The fourth-order valence-electron chi connectivity index (χ4n) is 1.92. The summed E-state index contributed by atoms with van der Waals surface area (Å²) in [4.78, 5) is 9.91. The Morgan fingerprint density at radius 3 is 2.33 bits per heavy atom. The third-order valence-corrected chi connectivity index (χ3v) is 4.89. The monoisotopic (exact) mass is 320 g/mol. The third-order valence-electron chi connectivity index (χ3n) is 3.09. The van der Waals surface area contributed by atoms with Crippen molar-refractivity contribution in [1.29, 1.82) is 0 Å². The maximum Gasteiger partial charge on any atom is 0.335 e. The van der Waals surface area contributed by atoms with Gasteiger partial charge in [-0.2, -0.15) is 0 Å². The molecule has 0 heterocycles. The second kappa shape index (κ2) is 7.49. The summed E-state index contributed by atoms with van der Waals surface area (Å²) in [6.45, 7) is 2.02. The first kappa shape index (κ1) is 17.6. The van der Waals surface area contributed by atoms with Crippen molar-refractivity contribution < 1.29 is 27.1 Å². The van der Waals surface area contributed by atoms with Crippen molar-refractivity contribution in [3.63, 3.8) is 0 Å². The van der Waals surface area contributed by atoms with Crippen molar-refractivity contribution in [2.45, 2.75) is 43.9 Å². The molecule has 7 heteroatoms. The second-order valence-corrected chi connectivity index (χ2v) is 6.89. The normalized spacial score (nSPS) is 11.6. The molecular formula is C14H18F2O4S. The van der Waals surface area contributed by atoms with Crippen molar-refractivity contribution in [2.75, 3.05) is 5.75 Å². The van der Waals surface area contributed by atoms with E-state index in [-0.39, 0.29) is 5.75 Å². The van der Waals surface area contributed by atoms with Crippen LogP contribution in [0.25, 0.3) is 0 Å². The number of carboxylic acid groups (broad SMARTS) is 1. The maximum atomic E-state index is 13.6. The Morgan fingerprint density at radius 1 is 1.14 bits per heavy atom. The molecule has 0 atom stereocenters. The van der Waals surface area contributed by atoms with Gasteiger partial charge in [-0.25, -0.2) is 22.0 Å². The molecule has 0 amide bonds. The van der Waals surface area contributed by atoms with Crippen LogP contribution in [0.4, 0.5) is 8.78 Å². The van der Waals surface area contributed by atoms with Gasteiger partial charge in [-0.3, -0.25) is 0 Å². The first-order valence-corrected chi connectivity index (χ1v) is 8.40. The van der Waals surface area contributed by atoms with Crippen LogP contribution in [-0.4, -0.2) is 25.2 Å². The Morgan fingerprint density at radius 2 is 1.76 bits per heavy atom.